The highest BCUT2D eigenvalue weighted by Gasteiger charge is 2.29. The molecule has 17 heavy (non-hydrogen) atoms. The highest BCUT2D eigenvalue weighted by molar-refractivity contribution is 6.65. The average Bonchev–Trinajstić information content (AvgIpc) is 2.34. The van der Waals surface area contributed by atoms with Gasteiger partial charge in [0.2, 0.25) is 0 Å². The second kappa shape index (κ2) is 11.1. The molecule has 0 fully saturated rings. The van der Waals surface area contributed by atoms with E-state index in [1.165, 1.54) is 0 Å². The third-order valence-corrected chi connectivity index (χ3v) is 5.42. The molecule has 0 aliphatic rings. The number of rotatable bonds is 12. The number of nitrogens with two attached hydrogens (primary N) is 2. The van der Waals surface area contributed by atoms with Crippen molar-refractivity contribution in [3.8, 4) is 0 Å². The van der Waals surface area contributed by atoms with Gasteiger partial charge >= 0.3 is 8.56 Å². The zero-order chi connectivity index (χ0) is 13.0. The van der Waals surface area contributed by atoms with Crippen LogP contribution < -0.4 is 22.1 Å². The first-order valence-electron chi connectivity index (χ1n) is 6.19. The van der Waals surface area contributed by atoms with Crippen molar-refractivity contribution in [2.45, 2.75) is 19.0 Å². The Bertz CT molecular complexity index is 176. The van der Waals surface area contributed by atoms with Crippen LogP contribution in [0.15, 0.2) is 0 Å². The predicted molar refractivity (Wildman–Crippen MR) is 73.0 cm³/mol. The third kappa shape index (κ3) is 9.66. The molecular weight excluding hydrogens is 236 g/mol. The molecule has 104 valence electrons. The van der Waals surface area contributed by atoms with Crippen LogP contribution in [0.4, 0.5) is 0 Å². The molecule has 0 amide bonds. The molecule has 0 aliphatic carbocycles. The van der Waals surface area contributed by atoms with Crippen LogP contribution in [0.25, 0.3) is 0 Å². The Morgan fingerprint density at radius 2 is 1.71 bits per heavy atom. The molecule has 6 N–H and O–H groups in total. The maximum atomic E-state index is 5.78. The molecule has 0 heterocycles. The number of hydrogen-bond acceptors (Lipinski definition) is 6. The molecule has 6 nitrogen and oxygen atoms in total. The predicted octanol–water partition coefficient (Wildman–Crippen LogP) is -0.834. The maximum absolute atomic E-state index is 5.78. The van der Waals surface area contributed by atoms with Gasteiger partial charge in [0.15, 0.2) is 0 Å². The molecule has 0 saturated carbocycles. The summed E-state index contributed by atoms with van der Waals surface area (Å²) in [7, 11) is -0.283. The highest BCUT2D eigenvalue weighted by atomic mass is 28.4. The smallest absolute Gasteiger partial charge is 0.335 e. The maximum Gasteiger partial charge on any atom is 0.335 e. The Morgan fingerprint density at radius 3 is 2.29 bits per heavy atom. The van der Waals surface area contributed by atoms with Crippen molar-refractivity contribution < 1.29 is 8.85 Å². The first-order valence-corrected chi connectivity index (χ1v) is 8.71. The van der Waals surface area contributed by atoms with Gasteiger partial charge in [-0.2, -0.15) is 0 Å². The van der Waals surface area contributed by atoms with Gasteiger partial charge in [-0.25, -0.2) is 0 Å². The van der Waals surface area contributed by atoms with Crippen LogP contribution in [0.1, 0.15) is 6.42 Å². The van der Waals surface area contributed by atoms with Gasteiger partial charge in [0.1, 0.15) is 0 Å². The lowest BCUT2D eigenvalue weighted by atomic mass is 10.5. The van der Waals surface area contributed by atoms with E-state index in [0.29, 0.717) is 19.8 Å². The summed E-state index contributed by atoms with van der Waals surface area (Å²) in [5, 5.41) is 6.37. The molecule has 1 unspecified atom stereocenters. The highest BCUT2D eigenvalue weighted by Crippen LogP contribution is 2.13. The quantitative estimate of drug-likeness (QED) is 0.209. The van der Waals surface area contributed by atoms with E-state index in [4.69, 9.17) is 20.3 Å². The zero-order valence-electron chi connectivity index (χ0n) is 11.1. The Hall–Kier alpha value is -0.0231. The SMILES string of the molecule is CO[Si](C)(CCCNCCN)OCNCCN. The van der Waals surface area contributed by atoms with Crippen LogP contribution in [0.2, 0.25) is 12.6 Å². The van der Waals surface area contributed by atoms with Crippen LogP contribution in [0.3, 0.4) is 0 Å². The van der Waals surface area contributed by atoms with Crippen molar-refractivity contribution in [2.75, 3.05) is 46.6 Å². The van der Waals surface area contributed by atoms with E-state index in [-0.39, 0.29) is 0 Å². The normalized spacial score (nSPS) is 14.8. The van der Waals surface area contributed by atoms with E-state index < -0.39 is 8.56 Å². The van der Waals surface area contributed by atoms with Crippen molar-refractivity contribution in [3.05, 3.63) is 0 Å². The topological polar surface area (TPSA) is 94.6 Å². The van der Waals surface area contributed by atoms with Crippen molar-refractivity contribution in [3.63, 3.8) is 0 Å². The van der Waals surface area contributed by atoms with E-state index in [2.05, 4.69) is 17.2 Å². The number of hydrogen-bond donors (Lipinski definition) is 4. The van der Waals surface area contributed by atoms with Gasteiger partial charge in [-0.1, -0.05) is 0 Å². The Labute approximate surface area is 106 Å². The summed E-state index contributed by atoms with van der Waals surface area (Å²) in [5.74, 6) is 0. The van der Waals surface area contributed by atoms with Crippen LogP contribution in [-0.2, 0) is 8.85 Å². The lowest BCUT2D eigenvalue weighted by molar-refractivity contribution is 0.188. The largest absolute Gasteiger partial charge is 0.398 e. The van der Waals surface area contributed by atoms with E-state index >= 15 is 0 Å². The molecule has 1 atom stereocenters. The average molecular weight is 264 g/mol. The molecule has 7 heteroatoms. The molecule has 0 radical (unpaired) electrons. The molecule has 0 aromatic carbocycles. The van der Waals surface area contributed by atoms with Gasteiger partial charge in [-0.15, -0.1) is 0 Å². The van der Waals surface area contributed by atoms with Crippen molar-refractivity contribution in [1.82, 2.24) is 10.6 Å². The van der Waals surface area contributed by atoms with Crippen molar-refractivity contribution in [2.24, 2.45) is 11.5 Å². The molecule has 0 rings (SSSR count). The minimum atomic E-state index is -2.01. The summed E-state index contributed by atoms with van der Waals surface area (Å²) in [6.45, 7) is 6.50. The molecule has 0 bridgehead atoms. The van der Waals surface area contributed by atoms with Crippen LogP contribution in [0, 0.1) is 0 Å². The van der Waals surface area contributed by atoms with Crippen molar-refractivity contribution in [1.29, 1.82) is 0 Å². The van der Waals surface area contributed by atoms with Crippen LogP contribution >= 0.6 is 0 Å². The van der Waals surface area contributed by atoms with Gasteiger partial charge in [0, 0.05) is 33.3 Å². The van der Waals surface area contributed by atoms with Gasteiger partial charge < -0.3 is 25.6 Å². The second-order valence-corrected chi connectivity index (χ2v) is 7.52. The van der Waals surface area contributed by atoms with Crippen molar-refractivity contribution >= 4 is 8.56 Å². The molecular formula is C10H28N4O2Si. The van der Waals surface area contributed by atoms with Crippen LogP contribution in [-0.4, -0.2) is 55.1 Å². The Balaban J connectivity index is 3.61. The molecule has 0 saturated heterocycles. The fraction of sp³-hybridized carbons (Fsp3) is 1.00. The standard InChI is InChI=1S/C10H28N4O2Si/c1-15-17(2,16-10-14-8-5-12)9-3-6-13-7-4-11/h13-14H,3-12H2,1-2H3. The first kappa shape index (κ1) is 17.0. The van der Waals surface area contributed by atoms with E-state index in [1.807, 2.05) is 0 Å². The van der Waals surface area contributed by atoms with Crippen LogP contribution in [0.5, 0.6) is 0 Å². The minimum absolute atomic E-state index is 0.518. The number of nitrogens with one attached hydrogen (secondary N) is 2. The van der Waals surface area contributed by atoms with E-state index in [9.17, 15) is 0 Å². The first-order chi connectivity index (χ1) is 8.18. The van der Waals surface area contributed by atoms with Gasteiger partial charge in [0.05, 0.1) is 6.73 Å². The van der Waals surface area contributed by atoms with Gasteiger partial charge in [0.25, 0.3) is 0 Å². The second-order valence-electron chi connectivity index (χ2n) is 4.06. The lowest BCUT2D eigenvalue weighted by Gasteiger charge is -2.25. The Morgan fingerprint density at radius 1 is 1.06 bits per heavy atom. The molecule has 0 aromatic heterocycles. The van der Waals surface area contributed by atoms with Gasteiger partial charge in [-0.3, -0.25) is 5.32 Å². The summed E-state index contributed by atoms with van der Waals surface area (Å²) >= 11 is 0. The third-order valence-electron chi connectivity index (χ3n) is 2.54. The van der Waals surface area contributed by atoms with Gasteiger partial charge in [-0.05, 0) is 25.6 Å². The summed E-state index contributed by atoms with van der Waals surface area (Å²) in [6, 6.07) is 0.978. The molecule has 0 spiro atoms. The lowest BCUT2D eigenvalue weighted by Crippen LogP contribution is -2.41. The molecule has 0 aliphatic heterocycles. The Kier molecular flexibility index (Phi) is 11.1. The van der Waals surface area contributed by atoms with E-state index in [0.717, 1.165) is 32.1 Å². The minimum Gasteiger partial charge on any atom is -0.398 e. The monoisotopic (exact) mass is 264 g/mol. The fourth-order valence-corrected chi connectivity index (χ4v) is 3.07. The summed E-state index contributed by atoms with van der Waals surface area (Å²) in [6.07, 6.45) is 1.05. The summed E-state index contributed by atoms with van der Waals surface area (Å²) < 4.78 is 11.3. The van der Waals surface area contributed by atoms with E-state index in [1.54, 1.807) is 7.11 Å². The summed E-state index contributed by atoms with van der Waals surface area (Å²) in [5.41, 5.74) is 10.8. The summed E-state index contributed by atoms with van der Waals surface area (Å²) in [4.78, 5) is 0. The fourth-order valence-electron chi connectivity index (χ4n) is 1.37. The zero-order valence-corrected chi connectivity index (χ0v) is 12.1. The molecule has 0 aromatic rings.